The summed E-state index contributed by atoms with van der Waals surface area (Å²) in [7, 11) is 0. The summed E-state index contributed by atoms with van der Waals surface area (Å²) in [6, 6.07) is 14.7. The number of benzene rings is 2. The number of halogens is 2. The van der Waals surface area contributed by atoms with Gasteiger partial charge >= 0.3 is 0 Å². The lowest BCUT2D eigenvalue weighted by atomic mass is 10.1. The fourth-order valence-electron chi connectivity index (χ4n) is 1.92. The fourth-order valence-corrected chi connectivity index (χ4v) is 2.29. The average Bonchev–Trinajstić information content (AvgIpc) is 2.72. The third-order valence-corrected chi connectivity index (χ3v) is 3.24. The Kier molecular flexibility index (Phi) is 2.48. The van der Waals surface area contributed by atoms with E-state index in [4.69, 9.17) is 0 Å². The molecule has 0 bridgehead atoms. The van der Waals surface area contributed by atoms with Crippen molar-refractivity contribution in [2.45, 2.75) is 0 Å². The lowest BCUT2D eigenvalue weighted by molar-refractivity contribution is 0.631. The highest BCUT2D eigenvalue weighted by molar-refractivity contribution is 9.10. The van der Waals surface area contributed by atoms with E-state index >= 15 is 0 Å². The van der Waals surface area contributed by atoms with Gasteiger partial charge < -0.3 is 4.98 Å². The molecule has 84 valence electrons. The lowest BCUT2D eigenvalue weighted by Crippen LogP contribution is -1.82. The van der Waals surface area contributed by atoms with Crippen molar-refractivity contribution in [2.24, 2.45) is 0 Å². The number of nitrogens with one attached hydrogen (secondary N) is 1. The van der Waals surface area contributed by atoms with E-state index in [9.17, 15) is 4.39 Å². The Morgan fingerprint density at radius 1 is 1.00 bits per heavy atom. The molecular formula is C14H9BrFN. The summed E-state index contributed by atoms with van der Waals surface area (Å²) in [5, 5.41) is 1.08. The normalized spacial score (nSPS) is 10.9. The number of rotatable bonds is 1. The molecule has 0 radical (unpaired) electrons. The van der Waals surface area contributed by atoms with Crippen LogP contribution in [0.4, 0.5) is 4.39 Å². The SMILES string of the molecule is Fc1ccccc1-c1cc2ccc(Br)cc2[nH]1. The minimum absolute atomic E-state index is 0.210. The average molecular weight is 290 g/mol. The summed E-state index contributed by atoms with van der Waals surface area (Å²) in [4.78, 5) is 3.22. The molecule has 0 spiro atoms. The zero-order valence-electron chi connectivity index (χ0n) is 8.87. The standard InChI is InChI=1S/C14H9BrFN/c15-10-6-5-9-7-14(17-13(9)8-10)11-3-1-2-4-12(11)16/h1-8,17H. The fraction of sp³-hybridized carbons (Fsp3) is 0. The van der Waals surface area contributed by atoms with E-state index in [1.54, 1.807) is 12.1 Å². The Morgan fingerprint density at radius 3 is 2.65 bits per heavy atom. The van der Waals surface area contributed by atoms with E-state index in [0.717, 1.165) is 21.1 Å². The predicted molar refractivity (Wildman–Crippen MR) is 71.4 cm³/mol. The van der Waals surface area contributed by atoms with Gasteiger partial charge in [-0.25, -0.2) is 4.39 Å². The third-order valence-electron chi connectivity index (χ3n) is 2.75. The third kappa shape index (κ3) is 1.87. The first kappa shape index (κ1) is 10.5. The van der Waals surface area contributed by atoms with Crippen molar-refractivity contribution in [3.05, 3.63) is 58.8 Å². The topological polar surface area (TPSA) is 15.8 Å². The molecule has 2 aromatic carbocycles. The molecular weight excluding hydrogens is 281 g/mol. The number of H-pyrrole nitrogens is 1. The Labute approximate surface area is 106 Å². The van der Waals surface area contributed by atoms with Crippen LogP contribution in [0.5, 0.6) is 0 Å². The van der Waals surface area contributed by atoms with Crippen LogP contribution >= 0.6 is 15.9 Å². The Hall–Kier alpha value is -1.61. The van der Waals surface area contributed by atoms with Crippen LogP contribution in [0.2, 0.25) is 0 Å². The lowest BCUT2D eigenvalue weighted by Gasteiger charge is -1.98. The molecule has 17 heavy (non-hydrogen) atoms. The van der Waals surface area contributed by atoms with Gasteiger partial charge in [-0.05, 0) is 30.3 Å². The van der Waals surface area contributed by atoms with Gasteiger partial charge in [0.15, 0.2) is 0 Å². The Bertz CT molecular complexity index is 688. The molecule has 0 fully saturated rings. The highest BCUT2D eigenvalue weighted by Gasteiger charge is 2.07. The molecule has 0 atom stereocenters. The summed E-state index contributed by atoms with van der Waals surface area (Å²) >= 11 is 3.42. The smallest absolute Gasteiger partial charge is 0.132 e. The zero-order valence-corrected chi connectivity index (χ0v) is 10.5. The summed E-state index contributed by atoms with van der Waals surface area (Å²) in [6.07, 6.45) is 0. The van der Waals surface area contributed by atoms with E-state index in [1.807, 2.05) is 30.3 Å². The molecule has 0 unspecified atom stereocenters. The molecule has 1 N–H and O–H groups in total. The van der Waals surface area contributed by atoms with Gasteiger partial charge in [0.1, 0.15) is 5.82 Å². The van der Waals surface area contributed by atoms with Crippen molar-refractivity contribution in [1.29, 1.82) is 0 Å². The van der Waals surface area contributed by atoms with Crippen LogP contribution in [0.3, 0.4) is 0 Å². The summed E-state index contributed by atoms with van der Waals surface area (Å²) in [5.41, 5.74) is 2.40. The second kappa shape index (κ2) is 4.00. The van der Waals surface area contributed by atoms with Gasteiger partial charge in [0, 0.05) is 26.6 Å². The maximum absolute atomic E-state index is 13.7. The number of aromatic amines is 1. The second-order valence-corrected chi connectivity index (χ2v) is 4.81. The van der Waals surface area contributed by atoms with Crippen LogP contribution in [0.1, 0.15) is 0 Å². The predicted octanol–water partition coefficient (Wildman–Crippen LogP) is 4.74. The molecule has 0 aliphatic carbocycles. The second-order valence-electron chi connectivity index (χ2n) is 3.89. The minimum atomic E-state index is -0.210. The zero-order chi connectivity index (χ0) is 11.8. The molecule has 3 aromatic rings. The van der Waals surface area contributed by atoms with Crippen LogP contribution < -0.4 is 0 Å². The minimum Gasteiger partial charge on any atom is -0.354 e. The summed E-state index contributed by atoms with van der Waals surface area (Å²) in [6.45, 7) is 0. The van der Waals surface area contributed by atoms with E-state index in [1.165, 1.54) is 6.07 Å². The molecule has 0 aliphatic rings. The summed E-state index contributed by atoms with van der Waals surface area (Å²) < 4.78 is 14.7. The first-order chi connectivity index (χ1) is 8.24. The first-order valence-electron chi connectivity index (χ1n) is 5.27. The van der Waals surface area contributed by atoms with Crippen LogP contribution in [0.15, 0.2) is 53.0 Å². The largest absolute Gasteiger partial charge is 0.354 e. The van der Waals surface area contributed by atoms with Crippen LogP contribution in [-0.2, 0) is 0 Å². The highest BCUT2D eigenvalue weighted by Crippen LogP contribution is 2.27. The molecule has 0 aliphatic heterocycles. The number of hydrogen-bond donors (Lipinski definition) is 1. The molecule has 1 nitrogen and oxygen atoms in total. The van der Waals surface area contributed by atoms with Crippen molar-refractivity contribution in [2.75, 3.05) is 0 Å². The van der Waals surface area contributed by atoms with Crippen molar-refractivity contribution in [3.8, 4) is 11.3 Å². The molecule has 1 aromatic heterocycles. The van der Waals surface area contributed by atoms with Gasteiger partial charge in [0.25, 0.3) is 0 Å². The monoisotopic (exact) mass is 289 g/mol. The van der Waals surface area contributed by atoms with Crippen molar-refractivity contribution >= 4 is 26.8 Å². The van der Waals surface area contributed by atoms with Gasteiger partial charge in [0.05, 0.1) is 0 Å². The van der Waals surface area contributed by atoms with Gasteiger partial charge in [-0.3, -0.25) is 0 Å². The maximum atomic E-state index is 13.7. The van der Waals surface area contributed by atoms with Gasteiger partial charge in [0.2, 0.25) is 0 Å². The number of aromatic nitrogens is 1. The van der Waals surface area contributed by atoms with E-state index in [2.05, 4.69) is 20.9 Å². The number of fused-ring (bicyclic) bond motifs is 1. The van der Waals surface area contributed by atoms with Gasteiger partial charge in [-0.15, -0.1) is 0 Å². The molecule has 0 amide bonds. The molecule has 0 saturated carbocycles. The molecule has 0 saturated heterocycles. The van der Waals surface area contributed by atoms with Crippen LogP contribution in [0.25, 0.3) is 22.2 Å². The summed E-state index contributed by atoms with van der Waals surface area (Å²) in [5.74, 6) is -0.210. The van der Waals surface area contributed by atoms with Crippen molar-refractivity contribution in [3.63, 3.8) is 0 Å². The van der Waals surface area contributed by atoms with Crippen LogP contribution in [-0.4, -0.2) is 4.98 Å². The van der Waals surface area contributed by atoms with E-state index in [0.29, 0.717) is 5.56 Å². The van der Waals surface area contributed by atoms with Gasteiger partial charge in [-0.1, -0.05) is 34.1 Å². The molecule has 3 heteroatoms. The number of hydrogen-bond acceptors (Lipinski definition) is 0. The van der Waals surface area contributed by atoms with Crippen LogP contribution in [0, 0.1) is 5.82 Å². The maximum Gasteiger partial charge on any atom is 0.132 e. The van der Waals surface area contributed by atoms with Crippen molar-refractivity contribution in [1.82, 2.24) is 4.98 Å². The Balaban J connectivity index is 2.22. The highest BCUT2D eigenvalue weighted by atomic mass is 79.9. The first-order valence-corrected chi connectivity index (χ1v) is 6.06. The van der Waals surface area contributed by atoms with E-state index in [-0.39, 0.29) is 5.82 Å². The molecule has 1 heterocycles. The van der Waals surface area contributed by atoms with Gasteiger partial charge in [-0.2, -0.15) is 0 Å². The van der Waals surface area contributed by atoms with Crippen molar-refractivity contribution < 1.29 is 4.39 Å². The Morgan fingerprint density at radius 2 is 1.82 bits per heavy atom. The quantitative estimate of drug-likeness (QED) is 0.666. The van der Waals surface area contributed by atoms with E-state index < -0.39 is 0 Å². The molecule has 3 rings (SSSR count).